The van der Waals surface area contributed by atoms with Crippen LogP contribution in [0.15, 0.2) is 6.33 Å². The smallest absolute Gasteiger partial charge is 0.134 e. The van der Waals surface area contributed by atoms with E-state index < -0.39 is 5.54 Å². The second kappa shape index (κ2) is 3.79. The Morgan fingerprint density at radius 2 is 2.14 bits per heavy atom. The van der Waals surface area contributed by atoms with E-state index in [1.807, 2.05) is 20.8 Å². The first-order valence-corrected chi connectivity index (χ1v) is 4.42. The molecule has 0 amide bonds. The zero-order chi connectivity index (χ0) is 10.8. The van der Waals surface area contributed by atoms with E-state index in [4.69, 9.17) is 10.8 Å². The second-order valence-corrected chi connectivity index (χ2v) is 3.90. The Bertz CT molecular complexity index is 325. The van der Waals surface area contributed by atoms with E-state index in [0.717, 1.165) is 5.56 Å². The molecule has 14 heavy (non-hydrogen) atoms. The van der Waals surface area contributed by atoms with Crippen molar-refractivity contribution in [1.29, 1.82) is 0 Å². The molecule has 0 radical (unpaired) electrons. The average Bonchev–Trinajstić information content (AvgIpc) is 2.13. The standard InChI is InChI=1S/C9H16N4O/c1-6-7(10)11-5-12-8(6)13-9(2,3)4-14/h5,14H,4H2,1-3H3,(H3,10,11,12,13). The molecule has 5 nitrogen and oxygen atoms in total. The molecule has 0 bridgehead atoms. The van der Waals surface area contributed by atoms with Crippen LogP contribution in [0.1, 0.15) is 19.4 Å². The molecule has 5 heteroatoms. The lowest BCUT2D eigenvalue weighted by atomic mass is 10.1. The Morgan fingerprint density at radius 1 is 1.50 bits per heavy atom. The zero-order valence-electron chi connectivity index (χ0n) is 8.70. The molecule has 0 aliphatic carbocycles. The lowest BCUT2D eigenvalue weighted by molar-refractivity contribution is 0.234. The molecule has 0 unspecified atom stereocenters. The minimum atomic E-state index is -0.411. The van der Waals surface area contributed by atoms with E-state index in [-0.39, 0.29) is 6.61 Å². The number of hydrogen-bond donors (Lipinski definition) is 3. The molecule has 1 aromatic rings. The first kappa shape index (κ1) is 10.7. The van der Waals surface area contributed by atoms with Gasteiger partial charge in [0.15, 0.2) is 0 Å². The van der Waals surface area contributed by atoms with Crippen molar-refractivity contribution in [2.75, 3.05) is 17.7 Å². The maximum Gasteiger partial charge on any atom is 0.134 e. The maximum absolute atomic E-state index is 9.08. The van der Waals surface area contributed by atoms with E-state index in [1.165, 1.54) is 6.33 Å². The van der Waals surface area contributed by atoms with Gasteiger partial charge in [-0.1, -0.05) is 0 Å². The van der Waals surface area contributed by atoms with Crippen LogP contribution in [-0.2, 0) is 0 Å². The fraction of sp³-hybridized carbons (Fsp3) is 0.556. The van der Waals surface area contributed by atoms with Crippen LogP contribution in [0.2, 0.25) is 0 Å². The van der Waals surface area contributed by atoms with Crippen LogP contribution in [0.4, 0.5) is 11.6 Å². The van der Waals surface area contributed by atoms with Gasteiger partial charge in [0.25, 0.3) is 0 Å². The lowest BCUT2D eigenvalue weighted by Crippen LogP contribution is -2.35. The molecule has 0 aliphatic rings. The Labute approximate surface area is 83.4 Å². The first-order chi connectivity index (χ1) is 6.46. The molecule has 0 aliphatic heterocycles. The molecule has 0 aromatic carbocycles. The van der Waals surface area contributed by atoms with Gasteiger partial charge in [0, 0.05) is 5.56 Å². The molecular weight excluding hydrogens is 180 g/mol. The highest BCUT2D eigenvalue weighted by atomic mass is 16.3. The summed E-state index contributed by atoms with van der Waals surface area (Å²) >= 11 is 0. The van der Waals surface area contributed by atoms with Crippen molar-refractivity contribution in [3.05, 3.63) is 11.9 Å². The summed E-state index contributed by atoms with van der Waals surface area (Å²) in [6.45, 7) is 5.62. The monoisotopic (exact) mass is 196 g/mol. The SMILES string of the molecule is Cc1c(N)ncnc1NC(C)(C)CO. The van der Waals surface area contributed by atoms with E-state index in [0.29, 0.717) is 11.6 Å². The maximum atomic E-state index is 9.08. The third-order valence-electron chi connectivity index (χ3n) is 1.98. The molecule has 78 valence electrons. The summed E-state index contributed by atoms with van der Waals surface area (Å²) in [6, 6.07) is 0. The highest BCUT2D eigenvalue weighted by Gasteiger charge is 2.17. The van der Waals surface area contributed by atoms with Crippen molar-refractivity contribution in [3.63, 3.8) is 0 Å². The van der Waals surface area contributed by atoms with Gasteiger partial charge >= 0.3 is 0 Å². The quantitative estimate of drug-likeness (QED) is 0.657. The molecule has 0 saturated carbocycles. The molecule has 0 spiro atoms. The number of hydrogen-bond acceptors (Lipinski definition) is 5. The molecular formula is C9H16N4O. The number of nitrogens with zero attached hydrogens (tertiary/aromatic N) is 2. The average molecular weight is 196 g/mol. The van der Waals surface area contributed by atoms with Gasteiger partial charge < -0.3 is 16.2 Å². The second-order valence-electron chi connectivity index (χ2n) is 3.90. The van der Waals surface area contributed by atoms with Crippen molar-refractivity contribution in [1.82, 2.24) is 9.97 Å². The molecule has 1 rings (SSSR count). The number of rotatable bonds is 3. The Kier molecular flexibility index (Phi) is 2.90. The van der Waals surface area contributed by atoms with Crippen LogP contribution in [0.25, 0.3) is 0 Å². The Hall–Kier alpha value is -1.36. The molecule has 1 aromatic heterocycles. The summed E-state index contributed by atoms with van der Waals surface area (Å²) in [7, 11) is 0. The van der Waals surface area contributed by atoms with Crippen LogP contribution in [0.5, 0.6) is 0 Å². The molecule has 0 fully saturated rings. The highest BCUT2D eigenvalue weighted by molar-refractivity contribution is 5.54. The Balaban J connectivity index is 2.92. The molecule has 4 N–H and O–H groups in total. The number of nitrogens with two attached hydrogens (primary N) is 1. The van der Waals surface area contributed by atoms with Gasteiger partial charge in [-0.05, 0) is 20.8 Å². The van der Waals surface area contributed by atoms with Gasteiger partial charge in [0.2, 0.25) is 0 Å². The number of aliphatic hydroxyl groups excluding tert-OH is 1. The van der Waals surface area contributed by atoms with E-state index in [9.17, 15) is 0 Å². The summed E-state index contributed by atoms with van der Waals surface area (Å²) in [6.07, 6.45) is 1.40. The minimum absolute atomic E-state index is 0.0242. The van der Waals surface area contributed by atoms with E-state index >= 15 is 0 Å². The van der Waals surface area contributed by atoms with Crippen molar-refractivity contribution in [2.24, 2.45) is 0 Å². The van der Waals surface area contributed by atoms with Gasteiger partial charge in [0.1, 0.15) is 18.0 Å². The predicted octanol–water partition coefficient (Wildman–Crippen LogP) is 0.550. The number of aromatic nitrogens is 2. The van der Waals surface area contributed by atoms with Crippen LogP contribution < -0.4 is 11.1 Å². The zero-order valence-corrected chi connectivity index (χ0v) is 8.70. The number of aliphatic hydroxyl groups is 1. The van der Waals surface area contributed by atoms with Crippen LogP contribution in [0, 0.1) is 6.92 Å². The van der Waals surface area contributed by atoms with Gasteiger partial charge in [0.05, 0.1) is 12.1 Å². The van der Waals surface area contributed by atoms with E-state index in [1.54, 1.807) is 0 Å². The topological polar surface area (TPSA) is 84.1 Å². The number of anilines is 2. The lowest BCUT2D eigenvalue weighted by Gasteiger charge is -2.25. The third kappa shape index (κ3) is 2.32. The number of nitrogen functional groups attached to an aromatic ring is 1. The van der Waals surface area contributed by atoms with Crippen molar-refractivity contribution in [3.8, 4) is 0 Å². The van der Waals surface area contributed by atoms with Gasteiger partial charge in [-0.15, -0.1) is 0 Å². The van der Waals surface area contributed by atoms with Crippen LogP contribution in [0.3, 0.4) is 0 Å². The highest BCUT2D eigenvalue weighted by Crippen LogP contribution is 2.19. The van der Waals surface area contributed by atoms with Gasteiger partial charge in [-0.3, -0.25) is 0 Å². The summed E-state index contributed by atoms with van der Waals surface area (Å²) in [5, 5.41) is 12.2. The fourth-order valence-electron chi connectivity index (χ4n) is 0.950. The molecule has 1 heterocycles. The van der Waals surface area contributed by atoms with E-state index in [2.05, 4.69) is 15.3 Å². The van der Waals surface area contributed by atoms with Gasteiger partial charge in [-0.25, -0.2) is 9.97 Å². The molecule has 0 saturated heterocycles. The third-order valence-corrected chi connectivity index (χ3v) is 1.98. The largest absolute Gasteiger partial charge is 0.394 e. The predicted molar refractivity (Wildman–Crippen MR) is 56.0 cm³/mol. The summed E-state index contributed by atoms with van der Waals surface area (Å²) in [5.41, 5.74) is 6.02. The Morgan fingerprint density at radius 3 is 2.71 bits per heavy atom. The minimum Gasteiger partial charge on any atom is -0.394 e. The molecule has 0 atom stereocenters. The van der Waals surface area contributed by atoms with Gasteiger partial charge in [-0.2, -0.15) is 0 Å². The normalized spacial score (nSPS) is 11.4. The van der Waals surface area contributed by atoms with Crippen molar-refractivity contribution in [2.45, 2.75) is 26.3 Å². The fourth-order valence-corrected chi connectivity index (χ4v) is 0.950. The number of nitrogens with one attached hydrogen (secondary N) is 1. The van der Waals surface area contributed by atoms with Crippen LogP contribution in [-0.4, -0.2) is 27.2 Å². The van der Waals surface area contributed by atoms with Crippen molar-refractivity contribution >= 4 is 11.6 Å². The summed E-state index contributed by atoms with van der Waals surface area (Å²) < 4.78 is 0. The van der Waals surface area contributed by atoms with Crippen LogP contribution >= 0.6 is 0 Å². The first-order valence-electron chi connectivity index (χ1n) is 4.42. The summed E-state index contributed by atoms with van der Waals surface area (Å²) in [5.74, 6) is 1.12. The summed E-state index contributed by atoms with van der Waals surface area (Å²) in [4.78, 5) is 7.92. The van der Waals surface area contributed by atoms with Crippen molar-refractivity contribution < 1.29 is 5.11 Å².